The highest BCUT2D eigenvalue weighted by Crippen LogP contribution is 2.28. The quantitative estimate of drug-likeness (QED) is 0.294. The summed E-state index contributed by atoms with van der Waals surface area (Å²) in [5.74, 6) is 0.892. The van der Waals surface area contributed by atoms with Crippen molar-refractivity contribution in [3.63, 3.8) is 0 Å². The highest BCUT2D eigenvalue weighted by molar-refractivity contribution is 5.92. The molecular weight excluding hydrogens is 458 g/mol. The van der Waals surface area contributed by atoms with Crippen molar-refractivity contribution < 1.29 is 0 Å². The average Bonchev–Trinajstić information content (AvgIpc) is 3.61. The zero-order chi connectivity index (χ0) is 25.6. The molecule has 2 aromatic heterocycles. The number of benzene rings is 1. The van der Waals surface area contributed by atoms with Crippen molar-refractivity contribution in [3.05, 3.63) is 78.2 Å². The van der Waals surface area contributed by atoms with E-state index in [9.17, 15) is 0 Å². The summed E-state index contributed by atoms with van der Waals surface area (Å²) in [6.45, 7) is 15.5. The molecule has 0 spiro atoms. The first-order valence-corrected chi connectivity index (χ1v) is 13.4. The third-order valence-corrected chi connectivity index (χ3v) is 7.31. The molecule has 0 unspecified atom stereocenters. The number of aromatic nitrogens is 3. The molecule has 7 heteroatoms. The normalized spacial score (nSPS) is 17.4. The molecule has 37 heavy (non-hydrogen) atoms. The van der Waals surface area contributed by atoms with E-state index in [0.717, 1.165) is 64.6 Å². The maximum atomic E-state index is 4.59. The summed E-state index contributed by atoms with van der Waals surface area (Å²) in [6.07, 6.45) is 14.2. The fourth-order valence-corrected chi connectivity index (χ4v) is 5.28. The van der Waals surface area contributed by atoms with Gasteiger partial charge in [0.05, 0.1) is 11.2 Å². The second-order valence-corrected chi connectivity index (χ2v) is 9.95. The monoisotopic (exact) mass is 495 g/mol. The molecular formula is C30H37N7. The Labute approximate surface area is 219 Å². The lowest BCUT2D eigenvalue weighted by molar-refractivity contribution is 0.283. The predicted octanol–water partition coefficient (Wildman–Crippen LogP) is 5.71. The number of nitrogens with one attached hydrogen (secondary N) is 2. The van der Waals surface area contributed by atoms with Crippen LogP contribution in [0.5, 0.6) is 0 Å². The predicted molar refractivity (Wildman–Crippen MR) is 153 cm³/mol. The minimum absolute atomic E-state index is 0.732. The van der Waals surface area contributed by atoms with Crippen LogP contribution in [0.25, 0.3) is 27.7 Å². The average molecular weight is 496 g/mol. The smallest absolute Gasteiger partial charge is 0.129 e. The van der Waals surface area contributed by atoms with Crippen molar-refractivity contribution in [1.29, 1.82) is 0 Å². The molecule has 2 saturated heterocycles. The number of aromatic amines is 1. The Balaban J connectivity index is 1.36. The van der Waals surface area contributed by atoms with E-state index >= 15 is 0 Å². The minimum Gasteiger partial charge on any atom is -0.357 e. The van der Waals surface area contributed by atoms with Crippen LogP contribution in [0, 0.1) is 0 Å². The lowest BCUT2D eigenvalue weighted by Gasteiger charge is -2.28. The van der Waals surface area contributed by atoms with Crippen molar-refractivity contribution in [2.24, 2.45) is 4.99 Å². The molecule has 2 fully saturated rings. The van der Waals surface area contributed by atoms with Crippen molar-refractivity contribution >= 4 is 23.3 Å². The van der Waals surface area contributed by atoms with Crippen LogP contribution in [0.15, 0.2) is 71.9 Å². The van der Waals surface area contributed by atoms with Crippen LogP contribution in [0.3, 0.4) is 0 Å². The van der Waals surface area contributed by atoms with Crippen LogP contribution < -0.4 is 5.32 Å². The van der Waals surface area contributed by atoms with Gasteiger partial charge >= 0.3 is 0 Å². The first-order chi connectivity index (χ1) is 18.1. The van der Waals surface area contributed by atoms with E-state index in [2.05, 4.69) is 72.9 Å². The van der Waals surface area contributed by atoms with E-state index in [0.29, 0.717) is 0 Å². The molecule has 5 rings (SSSR count). The summed E-state index contributed by atoms with van der Waals surface area (Å²) in [4.78, 5) is 13.6. The van der Waals surface area contributed by atoms with Gasteiger partial charge in [-0.15, -0.1) is 0 Å². The molecule has 0 saturated carbocycles. The fraction of sp³-hybridized carbons (Fsp3) is 0.367. The van der Waals surface area contributed by atoms with Gasteiger partial charge in [-0.1, -0.05) is 18.7 Å². The van der Waals surface area contributed by atoms with Gasteiger partial charge < -0.3 is 10.2 Å². The van der Waals surface area contributed by atoms with E-state index in [4.69, 9.17) is 0 Å². The summed E-state index contributed by atoms with van der Waals surface area (Å²) >= 11 is 0. The zero-order valence-corrected chi connectivity index (χ0v) is 21.8. The van der Waals surface area contributed by atoms with Crippen molar-refractivity contribution in [1.82, 2.24) is 30.3 Å². The number of hydrogen-bond donors (Lipinski definition) is 2. The Morgan fingerprint density at radius 3 is 2.59 bits per heavy atom. The molecule has 3 aromatic rings. The van der Waals surface area contributed by atoms with Gasteiger partial charge in [0.1, 0.15) is 11.5 Å². The zero-order valence-electron chi connectivity index (χ0n) is 21.8. The van der Waals surface area contributed by atoms with Crippen molar-refractivity contribution in [2.45, 2.75) is 45.6 Å². The van der Waals surface area contributed by atoms with Gasteiger partial charge in [-0.05, 0) is 88.2 Å². The molecule has 2 N–H and O–H groups in total. The van der Waals surface area contributed by atoms with Gasteiger partial charge in [-0.3, -0.25) is 15.0 Å². The Hall–Kier alpha value is -3.71. The largest absolute Gasteiger partial charge is 0.357 e. The van der Waals surface area contributed by atoms with E-state index in [1.54, 1.807) is 0 Å². The number of allylic oxidation sites excluding steroid dienone is 2. The van der Waals surface area contributed by atoms with Crippen LogP contribution >= 0.6 is 0 Å². The third kappa shape index (κ3) is 5.83. The topological polar surface area (TPSA) is 72.4 Å². The third-order valence-electron chi connectivity index (χ3n) is 7.31. The number of hydrogen-bond acceptors (Lipinski definition) is 6. The van der Waals surface area contributed by atoms with Gasteiger partial charge in [-0.2, -0.15) is 5.10 Å². The Morgan fingerprint density at radius 1 is 1.05 bits per heavy atom. The lowest BCUT2D eigenvalue weighted by atomic mass is 10.0. The molecule has 0 atom stereocenters. The number of H-pyrrole nitrogens is 1. The summed E-state index contributed by atoms with van der Waals surface area (Å²) in [7, 11) is 0. The summed E-state index contributed by atoms with van der Waals surface area (Å²) in [6, 6.07) is 8.63. The highest BCUT2D eigenvalue weighted by Gasteiger charge is 2.16. The first-order valence-electron chi connectivity index (χ1n) is 13.4. The van der Waals surface area contributed by atoms with Crippen LogP contribution in [0.4, 0.5) is 0 Å². The number of rotatable bonds is 9. The summed E-state index contributed by atoms with van der Waals surface area (Å²) in [5.41, 5.74) is 6.92. The standard InChI is InChI=1S/C30H37N7/c1-4-26(18-29(31-3)37-14-6-5-7-15-37)33-22(2)30-27-17-24(10-11-28(27)34-35-30)25-16-23(19-32-20-25)21-36-12-8-9-13-36/h4,10-11,16-20,33H,2-3,5-9,12-15,21H2,1H3,(H,34,35)/b26-4+,29-18+. The van der Waals surface area contributed by atoms with Crippen LogP contribution in [0.1, 0.15) is 50.3 Å². The first kappa shape index (κ1) is 25.0. The second kappa shape index (κ2) is 11.6. The van der Waals surface area contributed by atoms with Gasteiger partial charge in [0.15, 0.2) is 0 Å². The molecule has 2 aliphatic rings. The highest BCUT2D eigenvalue weighted by atomic mass is 15.2. The summed E-state index contributed by atoms with van der Waals surface area (Å²) in [5, 5.41) is 12.2. The number of likely N-dealkylation sites (tertiary alicyclic amines) is 2. The van der Waals surface area contributed by atoms with Crippen LogP contribution in [-0.2, 0) is 6.54 Å². The van der Waals surface area contributed by atoms with Gasteiger partial charge in [0.25, 0.3) is 0 Å². The number of fused-ring (bicyclic) bond motifs is 1. The molecule has 0 aliphatic carbocycles. The maximum Gasteiger partial charge on any atom is 0.129 e. The minimum atomic E-state index is 0.732. The van der Waals surface area contributed by atoms with E-state index < -0.39 is 0 Å². The van der Waals surface area contributed by atoms with Gasteiger partial charge in [0.2, 0.25) is 0 Å². The molecule has 2 aliphatic heterocycles. The van der Waals surface area contributed by atoms with Gasteiger partial charge in [-0.25, -0.2) is 4.99 Å². The molecule has 0 amide bonds. The van der Waals surface area contributed by atoms with Gasteiger partial charge in [0, 0.05) is 54.8 Å². The Morgan fingerprint density at radius 2 is 1.84 bits per heavy atom. The van der Waals surface area contributed by atoms with Crippen molar-refractivity contribution in [2.75, 3.05) is 26.2 Å². The Bertz CT molecular complexity index is 1320. The molecule has 0 radical (unpaired) electrons. The second-order valence-electron chi connectivity index (χ2n) is 9.95. The number of piperidine rings is 1. The molecule has 7 nitrogen and oxygen atoms in total. The SMILES string of the molecule is C=N/C(=C\C(=C/C)NC(=C)c1n[nH]c2ccc(-c3cncc(CN4CCCC4)c3)cc12)N1CCCCC1. The lowest BCUT2D eigenvalue weighted by Crippen LogP contribution is -2.28. The van der Waals surface area contributed by atoms with Crippen LogP contribution in [-0.4, -0.2) is 57.9 Å². The molecule has 1 aromatic carbocycles. The molecule has 0 bridgehead atoms. The van der Waals surface area contributed by atoms with E-state index in [1.807, 2.05) is 31.5 Å². The van der Waals surface area contributed by atoms with Crippen LogP contribution in [0.2, 0.25) is 0 Å². The molecule has 4 heterocycles. The molecule has 192 valence electrons. The summed E-state index contributed by atoms with van der Waals surface area (Å²) < 4.78 is 0. The number of aliphatic imine (C=N–C) groups is 1. The van der Waals surface area contributed by atoms with Crippen molar-refractivity contribution in [3.8, 4) is 11.1 Å². The fourth-order valence-electron chi connectivity index (χ4n) is 5.28. The maximum absolute atomic E-state index is 4.59. The number of pyridine rings is 1. The van der Waals surface area contributed by atoms with E-state index in [1.165, 1.54) is 50.8 Å². The Kier molecular flexibility index (Phi) is 7.80. The number of nitrogens with zero attached hydrogens (tertiary/aromatic N) is 5. The van der Waals surface area contributed by atoms with E-state index in [-0.39, 0.29) is 0 Å².